The molecule has 1 saturated heterocycles. The van der Waals surface area contributed by atoms with Crippen molar-refractivity contribution in [3.63, 3.8) is 0 Å². The van der Waals surface area contributed by atoms with Crippen molar-refractivity contribution in [1.29, 1.82) is 0 Å². The van der Waals surface area contributed by atoms with Crippen LogP contribution >= 0.6 is 0 Å². The van der Waals surface area contributed by atoms with Crippen molar-refractivity contribution < 1.29 is 23.1 Å². The first kappa shape index (κ1) is 28.7. The molecule has 0 saturated carbocycles. The van der Waals surface area contributed by atoms with Crippen LogP contribution in [0.4, 0.5) is 13.2 Å². The summed E-state index contributed by atoms with van der Waals surface area (Å²) in [6.45, 7) is 16.0. The Morgan fingerprint density at radius 2 is 1.50 bits per heavy atom. The van der Waals surface area contributed by atoms with Crippen LogP contribution in [0, 0.1) is 22.7 Å². The molecule has 0 radical (unpaired) electrons. The van der Waals surface area contributed by atoms with Gasteiger partial charge in [-0.2, -0.15) is 13.2 Å². The highest BCUT2D eigenvalue weighted by molar-refractivity contribution is 5.69. The van der Waals surface area contributed by atoms with E-state index in [1.807, 2.05) is 0 Å². The van der Waals surface area contributed by atoms with E-state index in [0.717, 1.165) is 56.3 Å². The van der Waals surface area contributed by atoms with Gasteiger partial charge in [0.25, 0.3) is 0 Å². The third-order valence-corrected chi connectivity index (χ3v) is 7.33. The molecule has 1 heterocycles. The summed E-state index contributed by atoms with van der Waals surface area (Å²) in [6, 6.07) is 5.76. The molecule has 0 aromatic heterocycles. The molecular formula is C28H44F3NO2. The number of benzene rings is 1. The Bertz CT molecular complexity index is 772. The molecule has 34 heavy (non-hydrogen) atoms. The van der Waals surface area contributed by atoms with Crippen LogP contribution in [0.25, 0.3) is 0 Å². The largest absolute Gasteiger partial charge is 0.481 e. The van der Waals surface area contributed by atoms with Crippen LogP contribution in [0.15, 0.2) is 24.3 Å². The van der Waals surface area contributed by atoms with Gasteiger partial charge in [0, 0.05) is 12.1 Å². The summed E-state index contributed by atoms with van der Waals surface area (Å²) in [5.41, 5.74) is 0.595. The summed E-state index contributed by atoms with van der Waals surface area (Å²) >= 11 is 0. The number of likely N-dealkylation sites (tertiary alicyclic amines) is 1. The molecule has 194 valence electrons. The maximum Gasteiger partial charge on any atom is 0.416 e. The number of carboxylic acid groups (broad SMARTS) is 1. The molecule has 3 nitrogen and oxygen atoms in total. The van der Waals surface area contributed by atoms with Crippen LogP contribution in [0.2, 0.25) is 0 Å². The summed E-state index contributed by atoms with van der Waals surface area (Å²) < 4.78 is 39.5. The second kappa shape index (κ2) is 11.0. The smallest absolute Gasteiger partial charge is 0.416 e. The van der Waals surface area contributed by atoms with Crippen molar-refractivity contribution in [2.45, 2.75) is 105 Å². The molecular weight excluding hydrogens is 439 g/mol. The minimum Gasteiger partial charge on any atom is -0.481 e. The van der Waals surface area contributed by atoms with Crippen molar-refractivity contribution in [3.05, 3.63) is 35.4 Å². The Balaban J connectivity index is 2.39. The average molecular weight is 484 g/mol. The lowest BCUT2D eigenvalue weighted by molar-refractivity contribution is -0.144. The molecule has 1 aromatic rings. The summed E-state index contributed by atoms with van der Waals surface area (Å²) in [7, 11) is 0. The number of piperidine rings is 1. The molecule has 1 fully saturated rings. The SMILES string of the molecule is CC(C(=O)O)[C@@H]1CCN(C(CCC(C)(C)C)CCC(C)(C)C)[C@H](c2ccc(C(F)(F)F)cc2)C1. The van der Waals surface area contributed by atoms with Gasteiger partial charge in [0.2, 0.25) is 0 Å². The number of alkyl halides is 3. The van der Waals surface area contributed by atoms with Crippen LogP contribution < -0.4 is 0 Å². The first-order valence-electron chi connectivity index (χ1n) is 12.6. The van der Waals surface area contributed by atoms with Crippen LogP contribution in [0.1, 0.15) is 104 Å². The van der Waals surface area contributed by atoms with Gasteiger partial charge in [0.1, 0.15) is 0 Å². The molecule has 1 aromatic carbocycles. The second-order valence-electron chi connectivity index (χ2n) is 12.6. The second-order valence-corrected chi connectivity index (χ2v) is 12.6. The topological polar surface area (TPSA) is 40.5 Å². The summed E-state index contributed by atoms with van der Waals surface area (Å²) in [5, 5.41) is 9.60. The first-order chi connectivity index (χ1) is 15.5. The Morgan fingerprint density at radius 3 is 1.91 bits per heavy atom. The van der Waals surface area contributed by atoms with Crippen LogP contribution in [0.3, 0.4) is 0 Å². The molecule has 1 N–H and O–H groups in total. The molecule has 1 aliphatic rings. The van der Waals surface area contributed by atoms with Gasteiger partial charge < -0.3 is 5.11 Å². The average Bonchev–Trinajstić information content (AvgIpc) is 2.71. The van der Waals surface area contributed by atoms with E-state index in [9.17, 15) is 23.1 Å². The Kier molecular flexibility index (Phi) is 9.29. The lowest BCUT2D eigenvalue weighted by Gasteiger charge is -2.46. The fourth-order valence-electron chi connectivity index (χ4n) is 5.00. The zero-order valence-electron chi connectivity index (χ0n) is 22.0. The Morgan fingerprint density at radius 1 is 1.00 bits per heavy atom. The molecule has 0 amide bonds. The van der Waals surface area contributed by atoms with Gasteiger partial charge in [0.15, 0.2) is 0 Å². The standard InChI is InChI=1S/C28H44F3NO2/c1-19(25(33)34)21-14-17-32(23(12-15-26(2,3)4)13-16-27(5,6)7)24(18-21)20-8-10-22(11-9-20)28(29,30)31/h8-11,19,21,23-24H,12-18H2,1-7H3,(H,33,34)/t19?,21-,24+/m1/s1. The lowest BCUT2D eigenvalue weighted by Crippen LogP contribution is -2.46. The number of halogens is 3. The predicted molar refractivity (Wildman–Crippen MR) is 132 cm³/mol. The zero-order valence-corrected chi connectivity index (χ0v) is 22.0. The molecule has 6 heteroatoms. The van der Waals surface area contributed by atoms with E-state index in [4.69, 9.17) is 0 Å². The maximum absolute atomic E-state index is 13.2. The van der Waals surface area contributed by atoms with E-state index in [0.29, 0.717) is 12.5 Å². The molecule has 2 rings (SSSR count). The highest BCUT2D eigenvalue weighted by Crippen LogP contribution is 2.42. The van der Waals surface area contributed by atoms with Crippen molar-refractivity contribution in [2.24, 2.45) is 22.7 Å². The van der Waals surface area contributed by atoms with Crippen molar-refractivity contribution in [1.82, 2.24) is 4.90 Å². The molecule has 1 unspecified atom stereocenters. The highest BCUT2D eigenvalue weighted by atomic mass is 19.4. The highest BCUT2D eigenvalue weighted by Gasteiger charge is 2.38. The molecule has 0 bridgehead atoms. The van der Waals surface area contributed by atoms with E-state index >= 15 is 0 Å². The number of carbonyl (C=O) groups is 1. The van der Waals surface area contributed by atoms with Crippen molar-refractivity contribution in [3.8, 4) is 0 Å². The fourth-order valence-corrected chi connectivity index (χ4v) is 5.00. The van der Waals surface area contributed by atoms with Crippen LogP contribution in [0.5, 0.6) is 0 Å². The Hall–Kier alpha value is -1.56. The number of carboxylic acids is 1. The summed E-state index contributed by atoms with van der Waals surface area (Å²) in [5.74, 6) is -1.27. The quantitative estimate of drug-likeness (QED) is 0.405. The van der Waals surface area contributed by atoms with Crippen molar-refractivity contribution >= 4 is 5.97 Å². The van der Waals surface area contributed by atoms with E-state index < -0.39 is 23.6 Å². The normalized spacial score (nSPS) is 21.6. The van der Waals surface area contributed by atoms with Crippen LogP contribution in [-0.4, -0.2) is 28.6 Å². The van der Waals surface area contributed by atoms with Gasteiger partial charge in [-0.3, -0.25) is 9.69 Å². The van der Waals surface area contributed by atoms with Gasteiger partial charge in [-0.25, -0.2) is 0 Å². The van der Waals surface area contributed by atoms with Gasteiger partial charge in [0.05, 0.1) is 11.5 Å². The van der Waals surface area contributed by atoms with E-state index in [1.54, 1.807) is 19.1 Å². The minimum atomic E-state index is -4.37. The van der Waals surface area contributed by atoms with E-state index in [2.05, 4.69) is 46.4 Å². The van der Waals surface area contributed by atoms with Gasteiger partial charge in [-0.05, 0) is 79.5 Å². The van der Waals surface area contributed by atoms with Gasteiger partial charge in [-0.15, -0.1) is 0 Å². The summed E-state index contributed by atoms with van der Waals surface area (Å²) in [4.78, 5) is 14.2. The fraction of sp³-hybridized carbons (Fsp3) is 0.750. The third-order valence-electron chi connectivity index (χ3n) is 7.33. The number of nitrogens with zero attached hydrogens (tertiary/aromatic N) is 1. The lowest BCUT2D eigenvalue weighted by atomic mass is 9.77. The first-order valence-corrected chi connectivity index (χ1v) is 12.6. The van der Waals surface area contributed by atoms with E-state index in [-0.39, 0.29) is 22.8 Å². The number of aliphatic carboxylic acids is 1. The minimum absolute atomic E-state index is 0.00641. The van der Waals surface area contributed by atoms with Gasteiger partial charge >= 0.3 is 12.1 Å². The molecule has 3 atom stereocenters. The van der Waals surface area contributed by atoms with Crippen molar-refractivity contribution in [2.75, 3.05) is 6.54 Å². The van der Waals surface area contributed by atoms with Crippen LogP contribution in [-0.2, 0) is 11.0 Å². The third kappa shape index (κ3) is 8.58. The monoisotopic (exact) mass is 483 g/mol. The Labute approximate surface area is 204 Å². The molecule has 0 spiro atoms. The number of hydrogen-bond acceptors (Lipinski definition) is 2. The van der Waals surface area contributed by atoms with E-state index in [1.165, 1.54) is 0 Å². The van der Waals surface area contributed by atoms with Gasteiger partial charge in [-0.1, -0.05) is 60.6 Å². The number of rotatable bonds is 8. The summed E-state index contributed by atoms with van der Waals surface area (Å²) in [6.07, 6.45) is 1.26. The zero-order chi connectivity index (χ0) is 25.9. The molecule has 1 aliphatic heterocycles. The maximum atomic E-state index is 13.2. The molecule has 0 aliphatic carbocycles. The predicted octanol–water partition coefficient (Wildman–Crippen LogP) is 8.20. The number of hydrogen-bond donors (Lipinski definition) is 1.